The van der Waals surface area contributed by atoms with E-state index in [1.165, 1.54) is 0 Å². The molecule has 0 bridgehead atoms. The molecule has 0 aliphatic carbocycles. The van der Waals surface area contributed by atoms with E-state index in [1.54, 1.807) is 6.07 Å². The first-order valence-corrected chi connectivity index (χ1v) is 7.06. The van der Waals surface area contributed by atoms with Gasteiger partial charge in [-0.05, 0) is 24.3 Å². The van der Waals surface area contributed by atoms with E-state index in [2.05, 4.69) is 10.3 Å². The Morgan fingerprint density at radius 1 is 1.19 bits per heavy atom. The number of aromatic nitrogens is 2. The normalized spacial score (nSPS) is 10.7. The first-order chi connectivity index (χ1) is 10.2. The zero-order chi connectivity index (χ0) is 14.7. The minimum Gasteiger partial charge on any atom is -0.353 e. The molecule has 3 rings (SSSR count). The van der Waals surface area contributed by atoms with E-state index in [0.717, 1.165) is 17.4 Å². The van der Waals surface area contributed by atoms with E-state index in [-0.39, 0.29) is 5.91 Å². The fraction of sp³-hybridized carbons (Fsp3) is 0.125. The molecule has 2 heterocycles. The average Bonchev–Trinajstić information content (AvgIpc) is 2.99. The Morgan fingerprint density at radius 2 is 1.95 bits per heavy atom. The third-order valence-corrected chi connectivity index (χ3v) is 3.44. The molecule has 0 radical (unpaired) electrons. The van der Waals surface area contributed by atoms with Crippen molar-refractivity contribution in [3.8, 4) is 0 Å². The van der Waals surface area contributed by atoms with Crippen LogP contribution in [0.4, 0.5) is 0 Å². The summed E-state index contributed by atoms with van der Waals surface area (Å²) >= 11 is 5.99. The molecule has 1 amide bonds. The van der Waals surface area contributed by atoms with Crippen molar-refractivity contribution in [2.75, 3.05) is 6.54 Å². The van der Waals surface area contributed by atoms with Crippen molar-refractivity contribution < 1.29 is 4.79 Å². The highest BCUT2D eigenvalue weighted by molar-refractivity contribution is 6.30. The molecular weight excluding hydrogens is 286 g/mol. The van der Waals surface area contributed by atoms with Crippen LogP contribution in [-0.4, -0.2) is 22.0 Å². The Hall–Kier alpha value is -2.33. The largest absolute Gasteiger partial charge is 0.353 e. The number of fused-ring (bicyclic) bond motifs is 1. The minimum atomic E-state index is -0.136. The molecule has 0 aliphatic rings. The van der Waals surface area contributed by atoms with Gasteiger partial charge in [-0.2, -0.15) is 0 Å². The first-order valence-electron chi connectivity index (χ1n) is 6.68. The molecular formula is C16H14ClN3O. The number of nitrogens with zero attached hydrogens (tertiary/aromatic N) is 2. The van der Waals surface area contributed by atoms with Crippen LogP contribution in [0.2, 0.25) is 5.15 Å². The molecule has 1 N–H and O–H groups in total. The molecule has 21 heavy (non-hydrogen) atoms. The molecule has 0 fully saturated rings. The van der Waals surface area contributed by atoms with Gasteiger partial charge in [0.2, 0.25) is 0 Å². The number of para-hydroxylation sites is 1. The summed E-state index contributed by atoms with van der Waals surface area (Å²) in [6.07, 6.45) is 3.93. The van der Waals surface area contributed by atoms with Gasteiger partial charge in [-0.1, -0.05) is 29.8 Å². The Balaban J connectivity index is 1.78. The van der Waals surface area contributed by atoms with Crippen LogP contribution < -0.4 is 5.32 Å². The zero-order valence-corrected chi connectivity index (χ0v) is 12.0. The topological polar surface area (TPSA) is 46.9 Å². The number of nitrogens with one attached hydrogen (secondary N) is 1. The molecule has 106 valence electrons. The van der Waals surface area contributed by atoms with E-state index in [4.69, 9.17) is 11.6 Å². The lowest BCUT2D eigenvalue weighted by molar-refractivity contribution is 0.0954. The van der Waals surface area contributed by atoms with Gasteiger partial charge < -0.3 is 9.88 Å². The van der Waals surface area contributed by atoms with E-state index in [1.807, 2.05) is 53.4 Å². The van der Waals surface area contributed by atoms with Crippen LogP contribution in [0.25, 0.3) is 10.9 Å². The number of carbonyl (C=O) groups excluding carboxylic acids is 1. The summed E-state index contributed by atoms with van der Waals surface area (Å²) in [4.78, 5) is 16.6. The van der Waals surface area contributed by atoms with Gasteiger partial charge in [-0.3, -0.25) is 4.79 Å². The summed E-state index contributed by atoms with van der Waals surface area (Å²) in [5.74, 6) is -0.136. The SMILES string of the molecule is O=C(NCCn1cccc1)c1cc(Cl)nc2ccccc12. The number of hydrogen-bond acceptors (Lipinski definition) is 2. The second-order valence-corrected chi connectivity index (χ2v) is 5.07. The number of pyridine rings is 1. The number of amides is 1. The predicted octanol–water partition coefficient (Wildman–Crippen LogP) is 3.12. The molecule has 0 unspecified atom stereocenters. The van der Waals surface area contributed by atoms with Crippen LogP contribution >= 0.6 is 11.6 Å². The lowest BCUT2D eigenvalue weighted by atomic mass is 10.1. The van der Waals surface area contributed by atoms with Crippen LogP contribution in [0.3, 0.4) is 0 Å². The Labute approximate surface area is 127 Å². The third-order valence-electron chi connectivity index (χ3n) is 3.25. The maximum Gasteiger partial charge on any atom is 0.252 e. The first kappa shape index (κ1) is 13.6. The number of hydrogen-bond donors (Lipinski definition) is 1. The van der Waals surface area contributed by atoms with Crippen molar-refractivity contribution in [1.82, 2.24) is 14.9 Å². The van der Waals surface area contributed by atoms with Crippen molar-refractivity contribution >= 4 is 28.4 Å². The second-order valence-electron chi connectivity index (χ2n) is 4.69. The maximum atomic E-state index is 12.3. The Morgan fingerprint density at radius 3 is 2.76 bits per heavy atom. The molecule has 3 aromatic rings. The maximum absolute atomic E-state index is 12.3. The van der Waals surface area contributed by atoms with Gasteiger partial charge in [-0.25, -0.2) is 4.98 Å². The van der Waals surface area contributed by atoms with Gasteiger partial charge in [0.05, 0.1) is 11.1 Å². The molecule has 2 aromatic heterocycles. The molecule has 1 aromatic carbocycles. The van der Waals surface area contributed by atoms with E-state index in [0.29, 0.717) is 17.3 Å². The number of carbonyl (C=O) groups is 1. The smallest absolute Gasteiger partial charge is 0.252 e. The number of benzene rings is 1. The van der Waals surface area contributed by atoms with E-state index in [9.17, 15) is 4.79 Å². The average molecular weight is 300 g/mol. The molecule has 5 heteroatoms. The number of rotatable bonds is 4. The zero-order valence-electron chi connectivity index (χ0n) is 11.3. The summed E-state index contributed by atoms with van der Waals surface area (Å²) in [7, 11) is 0. The highest BCUT2D eigenvalue weighted by atomic mass is 35.5. The monoisotopic (exact) mass is 299 g/mol. The van der Waals surface area contributed by atoms with Gasteiger partial charge >= 0.3 is 0 Å². The molecule has 0 saturated carbocycles. The summed E-state index contributed by atoms with van der Waals surface area (Å²) in [5, 5.41) is 4.04. The van der Waals surface area contributed by atoms with Crippen molar-refractivity contribution in [3.63, 3.8) is 0 Å². The van der Waals surface area contributed by atoms with Gasteiger partial charge in [0.25, 0.3) is 5.91 Å². The quantitative estimate of drug-likeness (QED) is 0.752. The van der Waals surface area contributed by atoms with Crippen LogP contribution in [0, 0.1) is 0 Å². The summed E-state index contributed by atoms with van der Waals surface area (Å²) in [6, 6.07) is 13.0. The lowest BCUT2D eigenvalue weighted by Crippen LogP contribution is -2.27. The van der Waals surface area contributed by atoms with Crippen LogP contribution in [-0.2, 0) is 6.54 Å². The van der Waals surface area contributed by atoms with Crippen molar-refractivity contribution in [1.29, 1.82) is 0 Å². The van der Waals surface area contributed by atoms with Gasteiger partial charge in [0, 0.05) is 30.9 Å². The Kier molecular flexibility index (Phi) is 3.88. The molecule has 0 aliphatic heterocycles. The summed E-state index contributed by atoms with van der Waals surface area (Å²) in [5.41, 5.74) is 1.28. The minimum absolute atomic E-state index is 0.136. The summed E-state index contributed by atoms with van der Waals surface area (Å²) in [6.45, 7) is 1.29. The van der Waals surface area contributed by atoms with E-state index < -0.39 is 0 Å². The van der Waals surface area contributed by atoms with Crippen LogP contribution in [0.5, 0.6) is 0 Å². The highest BCUT2D eigenvalue weighted by Gasteiger charge is 2.11. The van der Waals surface area contributed by atoms with Gasteiger partial charge in [0.15, 0.2) is 0 Å². The van der Waals surface area contributed by atoms with Crippen molar-refractivity contribution in [3.05, 3.63) is 65.6 Å². The standard InChI is InChI=1S/C16H14ClN3O/c17-15-11-13(12-5-1-2-6-14(12)19-15)16(21)18-7-10-20-8-3-4-9-20/h1-6,8-9,11H,7,10H2,(H,18,21). The molecule has 0 saturated heterocycles. The molecule has 0 atom stereocenters. The van der Waals surface area contributed by atoms with Crippen LogP contribution in [0.1, 0.15) is 10.4 Å². The van der Waals surface area contributed by atoms with E-state index >= 15 is 0 Å². The van der Waals surface area contributed by atoms with Gasteiger partial charge in [-0.15, -0.1) is 0 Å². The Bertz CT molecular complexity index is 768. The molecule has 0 spiro atoms. The molecule has 4 nitrogen and oxygen atoms in total. The highest BCUT2D eigenvalue weighted by Crippen LogP contribution is 2.20. The third kappa shape index (κ3) is 3.06. The number of halogens is 1. The summed E-state index contributed by atoms with van der Waals surface area (Å²) < 4.78 is 2.01. The van der Waals surface area contributed by atoms with Crippen molar-refractivity contribution in [2.24, 2.45) is 0 Å². The second kappa shape index (κ2) is 5.97. The fourth-order valence-electron chi connectivity index (χ4n) is 2.24. The van der Waals surface area contributed by atoms with Crippen molar-refractivity contribution in [2.45, 2.75) is 6.54 Å². The predicted molar refractivity (Wildman–Crippen MR) is 83.5 cm³/mol. The lowest BCUT2D eigenvalue weighted by Gasteiger charge is -2.09. The fourth-order valence-corrected chi connectivity index (χ4v) is 2.44. The van der Waals surface area contributed by atoms with Gasteiger partial charge in [0.1, 0.15) is 5.15 Å². The van der Waals surface area contributed by atoms with Crippen LogP contribution in [0.15, 0.2) is 54.9 Å².